The Bertz CT molecular complexity index is 587. The molecule has 0 aliphatic carbocycles. The Kier molecular flexibility index (Phi) is 6.11. The maximum Gasteiger partial charge on any atom is 0.227 e. The van der Waals surface area contributed by atoms with Crippen molar-refractivity contribution in [1.29, 1.82) is 0 Å². The molecule has 1 atom stereocenters. The molecule has 24 heavy (non-hydrogen) atoms. The van der Waals surface area contributed by atoms with Crippen LogP contribution in [0.1, 0.15) is 41.5 Å². The summed E-state index contributed by atoms with van der Waals surface area (Å²) in [5, 5.41) is 10.3. The van der Waals surface area contributed by atoms with Crippen LogP contribution >= 0.6 is 0 Å². The van der Waals surface area contributed by atoms with Crippen molar-refractivity contribution in [1.82, 2.24) is 9.80 Å². The first-order valence-corrected chi connectivity index (χ1v) is 8.02. The summed E-state index contributed by atoms with van der Waals surface area (Å²) < 4.78 is 0. The van der Waals surface area contributed by atoms with Crippen molar-refractivity contribution >= 4 is 18.0 Å². The Labute approximate surface area is 145 Å². The van der Waals surface area contributed by atoms with Crippen LogP contribution in [0.4, 0.5) is 0 Å². The minimum Gasteiger partial charge on any atom is -0.369 e. The fourth-order valence-corrected chi connectivity index (χ4v) is 1.87. The van der Waals surface area contributed by atoms with Crippen molar-refractivity contribution in [2.45, 2.75) is 53.4 Å². The van der Waals surface area contributed by atoms with Crippen molar-refractivity contribution in [3.63, 3.8) is 0 Å². The van der Waals surface area contributed by atoms with Crippen LogP contribution in [0.15, 0.2) is 33.9 Å². The van der Waals surface area contributed by atoms with Gasteiger partial charge < -0.3 is 14.9 Å². The highest BCUT2D eigenvalue weighted by molar-refractivity contribution is 6.06. The van der Waals surface area contributed by atoms with E-state index in [0.29, 0.717) is 11.4 Å². The summed E-state index contributed by atoms with van der Waals surface area (Å²) in [6.45, 7) is 11.6. The fourth-order valence-electron chi connectivity index (χ4n) is 1.87. The fraction of sp³-hybridized carbons (Fsp3) is 0.611. The first-order chi connectivity index (χ1) is 10.8. The summed E-state index contributed by atoms with van der Waals surface area (Å²) in [5.41, 5.74) is -0.0719. The van der Waals surface area contributed by atoms with Gasteiger partial charge in [0.2, 0.25) is 6.35 Å². The van der Waals surface area contributed by atoms with Gasteiger partial charge in [0.25, 0.3) is 0 Å². The number of rotatable bonds is 3. The Balaban J connectivity index is 3.22. The van der Waals surface area contributed by atoms with Gasteiger partial charge in [0.1, 0.15) is 0 Å². The van der Waals surface area contributed by atoms with Crippen LogP contribution < -0.4 is 0 Å². The van der Waals surface area contributed by atoms with Gasteiger partial charge in [-0.2, -0.15) is 0 Å². The SMILES string of the molecule is CN(C)C=NC1=NC(O)N(C(C)(C)C)C=C1/C=C/C(=O)C(C)(C)C. The van der Waals surface area contributed by atoms with Gasteiger partial charge in [-0.3, -0.25) is 4.79 Å². The predicted molar refractivity (Wildman–Crippen MR) is 98.9 cm³/mol. The van der Waals surface area contributed by atoms with Crippen LogP contribution in [-0.2, 0) is 4.79 Å². The molecule has 1 N–H and O–H groups in total. The summed E-state index contributed by atoms with van der Waals surface area (Å²) in [6.07, 6.45) is 5.67. The Hall–Kier alpha value is -1.95. The Morgan fingerprint density at radius 3 is 2.33 bits per heavy atom. The molecule has 0 fully saturated rings. The van der Waals surface area contributed by atoms with Crippen molar-refractivity contribution < 1.29 is 9.90 Å². The Morgan fingerprint density at radius 1 is 1.29 bits per heavy atom. The lowest BCUT2D eigenvalue weighted by Crippen LogP contribution is -2.46. The van der Waals surface area contributed by atoms with E-state index in [1.165, 1.54) is 0 Å². The van der Waals surface area contributed by atoms with Crippen LogP contribution in [0.5, 0.6) is 0 Å². The number of amidine groups is 1. The van der Waals surface area contributed by atoms with E-state index in [1.807, 2.05) is 55.6 Å². The highest BCUT2D eigenvalue weighted by Gasteiger charge is 2.29. The first kappa shape index (κ1) is 20.1. The third-order valence-electron chi connectivity index (χ3n) is 3.36. The molecule has 6 heteroatoms. The molecule has 0 amide bonds. The zero-order valence-electron chi connectivity index (χ0n) is 16.0. The van der Waals surface area contributed by atoms with Gasteiger partial charge in [-0.05, 0) is 32.9 Å². The summed E-state index contributed by atoms with van der Waals surface area (Å²) in [6, 6.07) is 0. The molecule has 1 aliphatic rings. The largest absolute Gasteiger partial charge is 0.369 e. The molecule has 0 aromatic heterocycles. The quantitative estimate of drug-likeness (QED) is 0.489. The maximum absolute atomic E-state index is 12.2. The topological polar surface area (TPSA) is 68.5 Å². The van der Waals surface area contributed by atoms with Crippen molar-refractivity contribution in [3.8, 4) is 0 Å². The standard InChI is InChI=1S/C18H30N4O2/c1-17(2,3)14(23)10-9-13-11-22(18(4,5)6)16(24)20-15(13)19-12-21(7)8/h9-12,16,24H,1-8H3/b10-9+,19-12?. The average molecular weight is 334 g/mol. The van der Waals surface area contributed by atoms with Gasteiger partial charge in [0, 0.05) is 36.8 Å². The third-order valence-corrected chi connectivity index (χ3v) is 3.36. The molecule has 0 bridgehead atoms. The van der Waals surface area contributed by atoms with Crippen LogP contribution in [0.25, 0.3) is 0 Å². The molecule has 1 heterocycles. The number of aliphatic hydroxyl groups excluding tert-OH is 1. The van der Waals surface area contributed by atoms with Gasteiger partial charge in [0.05, 0.1) is 6.34 Å². The molecule has 1 unspecified atom stereocenters. The number of carbonyl (C=O) groups is 1. The number of nitrogens with zero attached hydrogens (tertiary/aromatic N) is 4. The number of carbonyl (C=O) groups excluding carboxylic acids is 1. The minimum atomic E-state index is -1.00. The van der Waals surface area contributed by atoms with E-state index < -0.39 is 11.8 Å². The Morgan fingerprint density at radius 2 is 1.88 bits per heavy atom. The maximum atomic E-state index is 12.2. The van der Waals surface area contributed by atoms with E-state index >= 15 is 0 Å². The van der Waals surface area contributed by atoms with Crippen LogP contribution in [-0.4, -0.2) is 58.8 Å². The second-order valence-electron chi connectivity index (χ2n) is 8.12. The molecule has 0 saturated carbocycles. The molecule has 1 aliphatic heterocycles. The smallest absolute Gasteiger partial charge is 0.227 e. The van der Waals surface area contributed by atoms with Crippen LogP contribution in [0.3, 0.4) is 0 Å². The summed E-state index contributed by atoms with van der Waals surface area (Å²) >= 11 is 0. The molecule has 0 saturated heterocycles. The molecule has 134 valence electrons. The van der Waals surface area contributed by atoms with Crippen LogP contribution in [0, 0.1) is 5.41 Å². The summed E-state index contributed by atoms with van der Waals surface area (Å²) in [5.74, 6) is 0.419. The number of allylic oxidation sites excluding steroid dienone is 1. The van der Waals surface area contributed by atoms with E-state index in [9.17, 15) is 9.90 Å². The van der Waals surface area contributed by atoms with E-state index in [-0.39, 0.29) is 11.3 Å². The lowest BCUT2D eigenvalue weighted by atomic mass is 9.90. The molecular weight excluding hydrogens is 304 g/mol. The molecule has 1 rings (SSSR count). The van der Waals surface area contributed by atoms with E-state index in [0.717, 1.165) is 0 Å². The van der Waals surface area contributed by atoms with E-state index in [4.69, 9.17) is 0 Å². The normalized spacial score (nSPS) is 19.7. The number of hydrogen-bond donors (Lipinski definition) is 1. The van der Waals surface area contributed by atoms with Gasteiger partial charge in [-0.25, -0.2) is 9.98 Å². The number of aliphatic hydroxyl groups is 1. The van der Waals surface area contributed by atoms with Gasteiger partial charge in [-0.1, -0.05) is 20.8 Å². The molecule has 0 spiro atoms. The molecule has 0 aromatic carbocycles. The minimum absolute atomic E-state index is 0.0211. The number of hydrogen-bond acceptors (Lipinski definition) is 5. The lowest BCUT2D eigenvalue weighted by Gasteiger charge is -2.39. The van der Waals surface area contributed by atoms with Gasteiger partial charge in [0.15, 0.2) is 11.6 Å². The average Bonchev–Trinajstić information content (AvgIpc) is 2.40. The van der Waals surface area contributed by atoms with Crippen LogP contribution in [0.2, 0.25) is 0 Å². The molecule has 0 aromatic rings. The monoisotopic (exact) mass is 334 g/mol. The van der Waals surface area contributed by atoms with E-state index in [2.05, 4.69) is 9.98 Å². The highest BCUT2D eigenvalue weighted by Crippen LogP contribution is 2.24. The van der Waals surface area contributed by atoms with Crippen molar-refractivity contribution in [2.75, 3.05) is 14.1 Å². The van der Waals surface area contributed by atoms with Crippen molar-refractivity contribution in [3.05, 3.63) is 23.9 Å². The second kappa shape index (κ2) is 7.30. The molecule has 0 radical (unpaired) electrons. The van der Waals surface area contributed by atoms with E-state index in [1.54, 1.807) is 34.5 Å². The molecular formula is C18H30N4O2. The summed E-state index contributed by atoms with van der Waals surface area (Å²) in [7, 11) is 3.71. The lowest BCUT2D eigenvalue weighted by molar-refractivity contribution is -0.121. The third kappa shape index (κ3) is 5.60. The highest BCUT2D eigenvalue weighted by atomic mass is 16.3. The van der Waals surface area contributed by atoms with Crippen molar-refractivity contribution in [2.24, 2.45) is 15.4 Å². The number of ketones is 1. The zero-order chi connectivity index (χ0) is 18.7. The zero-order valence-corrected chi connectivity index (χ0v) is 16.0. The predicted octanol–water partition coefficient (Wildman–Crippen LogP) is 2.42. The second-order valence-corrected chi connectivity index (χ2v) is 8.12. The molecule has 6 nitrogen and oxygen atoms in total. The summed E-state index contributed by atoms with van der Waals surface area (Å²) in [4.78, 5) is 24.3. The number of aliphatic imine (C=N–C) groups is 2. The first-order valence-electron chi connectivity index (χ1n) is 8.02. The van der Waals surface area contributed by atoms with Gasteiger partial charge in [-0.15, -0.1) is 0 Å². The van der Waals surface area contributed by atoms with Gasteiger partial charge >= 0.3 is 0 Å².